The first kappa shape index (κ1) is 17.7. The zero-order valence-electron chi connectivity index (χ0n) is 15.1. The first-order chi connectivity index (χ1) is 13.5. The molecule has 0 amide bonds. The molecule has 8 nitrogen and oxygen atoms in total. The van der Waals surface area contributed by atoms with Crippen LogP contribution in [0.4, 0.5) is 16.0 Å². The van der Waals surface area contributed by atoms with E-state index in [1.54, 1.807) is 24.3 Å². The number of rotatable bonds is 5. The Morgan fingerprint density at radius 1 is 1.00 bits per heavy atom. The molecule has 9 heteroatoms. The highest BCUT2D eigenvalue weighted by atomic mass is 19.1. The highest BCUT2D eigenvalue weighted by Crippen LogP contribution is 2.24. The standard InChI is InChI=1S/C19H18FN7O/c1-11-23-14-6-5-13(12-9-16(21)26-17(22)10-12)24-19(14)27(11)7-8-28-18-4-2-3-15(20)25-18/h2-6,9-10H,7-8H2,1H3,(H4,21,22,26). The maximum Gasteiger partial charge on any atom is 0.216 e. The molecule has 0 atom stereocenters. The van der Waals surface area contributed by atoms with Gasteiger partial charge >= 0.3 is 0 Å². The van der Waals surface area contributed by atoms with Crippen molar-refractivity contribution in [1.82, 2.24) is 24.5 Å². The molecule has 0 bridgehead atoms. The topological polar surface area (TPSA) is 118 Å². The van der Waals surface area contributed by atoms with Gasteiger partial charge in [0.2, 0.25) is 11.8 Å². The summed E-state index contributed by atoms with van der Waals surface area (Å²) in [5.41, 5.74) is 14.5. The molecule has 4 aromatic rings. The Labute approximate surface area is 160 Å². The number of nitrogens with two attached hydrogens (primary N) is 2. The largest absolute Gasteiger partial charge is 0.476 e. The van der Waals surface area contributed by atoms with Crippen LogP contribution in [0.2, 0.25) is 0 Å². The number of hydrogen-bond acceptors (Lipinski definition) is 7. The normalized spacial score (nSPS) is 11.1. The van der Waals surface area contributed by atoms with Crippen LogP contribution in [0, 0.1) is 12.9 Å². The van der Waals surface area contributed by atoms with Crippen molar-refractivity contribution in [3.05, 3.63) is 54.2 Å². The molecule has 0 fully saturated rings. The number of aromatic nitrogens is 5. The summed E-state index contributed by atoms with van der Waals surface area (Å²) in [6.07, 6.45) is 0. The lowest BCUT2D eigenvalue weighted by Crippen LogP contribution is -2.11. The molecular weight excluding hydrogens is 361 g/mol. The molecule has 4 aromatic heterocycles. The van der Waals surface area contributed by atoms with E-state index in [-0.39, 0.29) is 5.88 Å². The number of nitrogens with zero attached hydrogens (tertiary/aromatic N) is 5. The van der Waals surface area contributed by atoms with Crippen LogP contribution in [-0.2, 0) is 6.54 Å². The Bertz CT molecular complexity index is 1140. The molecule has 4 heterocycles. The van der Waals surface area contributed by atoms with Crippen molar-refractivity contribution < 1.29 is 9.13 Å². The number of hydrogen-bond donors (Lipinski definition) is 2. The maximum absolute atomic E-state index is 13.2. The van der Waals surface area contributed by atoms with E-state index >= 15 is 0 Å². The van der Waals surface area contributed by atoms with Gasteiger partial charge in [-0.2, -0.15) is 9.37 Å². The van der Waals surface area contributed by atoms with E-state index in [2.05, 4.69) is 15.0 Å². The van der Waals surface area contributed by atoms with E-state index in [0.717, 1.165) is 16.9 Å². The summed E-state index contributed by atoms with van der Waals surface area (Å²) in [5, 5.41) is 0. The fraction of sp³-hybridized carbons (Fsp3) is 0.158. The van der Waals surface area contributed by atoms with Crippen LogP contribution >= 0.6 is 0 Å². The third-order valence-corrected chi connectivity index (χ3v) is 4.20. The fourth-order valence-corrected chi connectivity index (χ4v) is 2.98. The van der Waals surface area contributed by atoms with Gasteiger partial charge in [0.1, 0.15) is 29.6 Å². The minimum Gasteiger partial charge on any atom is -0.476 e. The zero-order valence-corrected chi connectivity index (χ0v) is 15.1. The lowest BCUT2D eigenvalue weighted by Gasteiger charge is -2.09. The molecule has 0 saturated heterocycles. The average Bonchev–Trinajstić information content (AvgIpc) is 2.96. The van der Waals surface area contributed by atoms with Crippen molar-refractivity contribution in [2.24, 2.45) is 0 Å². The highest BCUT2D eigenvalue weighted by Gasteiger charge is 2.12. The summed E-state index contributed by atoms with van der Waals surface area (Å²) in [5.74, 6) is 1.11. The van der Waals surface area contributed by atoms with Gasteiger partial charge in [0.05, 0.1) is 12.2 Å². The summed E-state index contributed by atoms with van der Waals surface area (Å²) >= 11 is 0. The molecule has 142 valence electrons. The molecule has 0 unspecified atom stereocenters. The SMILES string of the molecule is Cc1nc2ccc(-c3cc(N)nc(N)c3)nc2n1CCOc1cccc(F)n1. The fourth-order valence-electron chi connectivity index (χ4n) is 2.98. The first-order valence-electron chi connectivity index (χ1n) is 8.62. The second-order valence-electron chi connectivity index (χ2n) is 6.20. The van der Waals surface area contributed by atoms with Crippen LogP contribution in [0.1, 0.15) is 5.82 Å². The number of pyridine rings is 3. The maximum atomic E-state index is 13.2. The van der Waals surface area contributed by atoms with E-state index in [0.29, 0.717) is 36.1 Å². The van der Waals surface area contributed by atoms with Crippen molar-refractivity contribution >= 4 is 22.8 Å². The first-order valence-corrected chi connectivity index (χ1v) is 8.62. The Hall–Kier alpha value is -3.75. The van der Waals surface area contributed by atoms with Crippen LogP contribution in [0.15, 0.2) is 42.5 Å². The van der Waals surface area contributed by atoms with E-state index in [9.17, 15) is 4.39 Å². The molecule has 0 aromatic carbocycles. The van der Waals surface area contributed by atoms with Gasteiger partial charge in [-0.3, -0.25) is 0 Å². The number of imidazole rings is 1. The van der Waals surface area contributed by atoms with E-state index in [1.165, 1.54) is 6.07 Å². The van der Waals surface area contributed by atoms with Gasteiger partial charge < -0.3 is 20.8 Å². The van der Waals surface area contributed by atoms with Crippen LogP contribution in [0.5, 0.6) is 5.88 Å². The quantitative estimate of drug-likeness (QED) is 0.512. The van der Waals surface area contributed by atoms with Crippen molar-refractivity contribution in [2.45, 2.75) is 13.5 Å². The summed E-state index contributed by atoms with van der Waals surface area (Å²) in [4.78, 5) is 16.9. The highest BCUT2D eigenvalue weighted by molar-refractivity contribution is 5.77. The molecule has 28 heavy (non-hydrogen) atoms. The van der Waals surface area contributed by atoms with E-state index in [1.807, 2.05) is 23.6 Å². The Kier molecular flexibility index (Phi) is 4.48. The van der Waals surface area contributed by atoms with Crippen molar-refractivity contribution in [2.75, 3.05) is 18.1 Å². The zero-order chi connectivity index (χ0) is 19.7. The van der Waals surface area contributed by atoms with Gasteiger partial charge in [0.25, 0.3) is 0 Å². The Balaban J connectivity index is 1.62. The van der Waals surface area contributed by atoms with Gasteiger partial charge in [-0.25, -0.2) is 15.0 Å². The summed E-state index contributed by atoms with van der Waals surface area (Å²) in [6, 6.07) is 11.6. The number of fused-ring (bicyclic) bond motifs is 1. The number of anilines is 2. The van der Waals surface area contributed by atoms with Gasteiger partial charge in [-0.05, 0) is 37.3 Å². The van der Waals surface area contributed by atoms with Gasteiger partial charge in [0.15, 0.2) is 5.65 Å². The van der Waals surface area contributed by atoms with Crippen LogP contribution in [0.3, 0.4) is 0 Å². The van der Waals surface area contributed by atoms with Crippen molar-refractivity contribution in [3.8, 4) is 17.1 Å². The van der Waals surface area contributed by atoms with Crippen molar-refractivity contribution in [3.63, 3.8) is 0 Å². The number of ether oxygens (including phenoxy) is 1. The molecule has 4 N–H and O–H groups in total. The Morgan fingerprint density at radius 3 is 2.54 bits per heavy atom. The third kappa shape index (κ3) is 3.54. The number of aryl methyl sites for hydroxylation is 1. The minimum atomic E-state index is -0.580. The van der Waals surface area contributed by atoms with Gasteiger partial charge in [0, 0.05) is 11.6 Å². The number of nitrogen functional groups attached to an aromatic ring is 2. The van der Waals surface area contributed by atoms with Crippen LogP contribution in [-0.4, -0.2) is 31.1 Å². The van der Waals surface area contributed by atoms with Crippen molar-refractivity contribution in [1.29, 1.82) is 0 Å². The van der Waals surface area contributed by atoms with Crippen LogP contribution in [0.25, 0.3) is 22.4 Å². The third-order valence-electron chi connectivity index (χ3n) is 4.20. The molecule has 0 radical (unpaired) electrons. The molecule has 0 aliphatic rings. The predicted molar refractivity (Wildman–Crippen MR) is 104 cm³/mol. The molecule has 0 saturated carbocycles. The van der Waals surface area contributed by atoms with E-state index < -0.39 is 5.95 Å². The lowest BCUT2D eigenvalue weighted by molar-refractivity contribution is 0.283. The number of halogens is 1. The summed E-state index contributed by atoms with van der Waals surface area (Å²) in [6.45, 7) is 2.67. The van der Waals surface area contributed by atoms with Gasteiger partial charge in [-0.1, -0.05) is 6.07 Å². The Morgan fingerprint density at radius 2 is 1.79 bits per heavy atom. The molecular formula is C19H18FN7O. The second kappa shape index (κ2) is 7.10. The molecule has 0 aliphatic carbocycles. The van der Waals surface area contributed by atoms with Crippen LogP contribution < -0.4 is 16.2 Å². The predicted octanol–water partition coefficient (Wildman–Crippen LogP) is 2.58. The smallest absolute Gasteiger partial charge is 0.216 e. The molecule has 4 rings (SSSR count). The lowest BCUT2D eigenvalue weighted by atomic mass is 10.1. The molecule has 0 aliphatic heterocycles. The second-order valence-corrected chi connectivity index (χ2v) is 6.20. The van der Waals surface area contributed by atoms with E-state index in [4.69, 9.17) is 21.2 Å². The summed E-state index contributed by atoms with van der Waals surface area (Å²) in [7, 11) is 0. The van der Waals surface area contributed by atoms with Gasteiger partial charge in [-0.15, -0.1) is 0 Å². The average molecular weight is 379 g/mol. The summed E-state index contributed by atoms with van der Waals surface area (Å²) < 4.78 is 20.6. The monoisotopic (exact) mass is 379 g/mol. The minimum absolute atomic E-state index is 0.235. The molecule has 0 spiro atoms.